The molecule has 0 amide bonds. The molecule has 3 aromatic rings. The number of ether oxygens (including phenoxy) is 3. The first-order valence-electron chi connectivity index (χ1n) is 9.55. The summed E-state index contributed by atoms with van der Waals surface area (Å²) in [5, 5.41) is 0. The van der Waals surface area contributed by atoms with Crippen LogP contribution in [0.15, 0.2) is 78.9 Å². The first kappa shape index (κ1) is 17.9. The molecule has 2 aliphatic rings. The third-order valence-corrected chi connectivity index (χ3v) is 5.72. The summed E-state index contributed by atoms with van der Waals surface area (Å²) in [4.78, 5) is 15.4. The molecule has 3 aromatic carbocycles. The van der Waals surface area contributed by atoms with Crippen molar-refractivity contribution in [3.63, 3.8) is 0 Å². The third-order valence-electron chi connectivity index (χ3n) is 5.72. The standard InChI is InChI=1S/C24H21NO4/c1-27-20-15-9-8-14-19(20)25-21(16-10-4-3-5-11-16)23-22(26)17-12-6-7-13-18(17)24(25,28-2)29-23/h3-15,21,23H,1-2H3/t21-,23+,24+/m0/s1. The molecule has 5 heteroatoms. The first-order chi connectivity index (χ1) is 14.2. The zero-order valence-electron chi connectivity index (χ0n) is 16.2. The number of carbonyl (C=O) groups is 1. The van der Waals surface area contributed by atoms with Crippen LogP contribution < -0.4 is 9.64 Å². The Labute approximate surface area is 169 Å². The maximum absolute atomic E-state index is 13.4. The van der Waals surface area contributed by atoms with E-state index in [1.54, 1.807) is 14.2 Å². The SMILES string of the molecule is COc1ccccc1N1[C@@H](c2ccccc2)[C@H]2O[C@]1(OC)c1ccccc1C2=O. The van der Waals surface area contributed by atoms with E-state index >= 15 is 0 Å². The summed E-state index contributed by atoms with van der Waals surface area (Å²) in [7, 11) is 3.25. The molecule has 0 N–H and O–H groups in total. The van der Waals surface area contributed by atoms with Gasteiger partial charge in [-0.2, -0.15) is 0 Å². The topological polar surface area (TPSA) is 48.0 Å². The highest BCUT2D eigenvalue weighted by Crippen LogP contribution is 2.56. The number of methoxy groups -OCH3 is 2. The molecule has 2 aliphatic heterocycles. The van der Waals surface area contributed by atoms with Crippen LogP contribution in [-0.4, -0.2) is 26.1 Å². The van der Waals surface area contributed by atoms with Gasteiger partial charge in [-0.25, -0.2) is 0 Å². The van der Waals surface area contributed by atoms with Gasteiger partial charge in [0.2, 0.25) is 0 Å². The normalized spacial score (nSPS) is 25.0. The van der Waals surface area contributed by atoms with Gasteiger partial charge >= 0.3 is 0 Å². The predicted octanol–water partition coefficient (Wildman–Crippen LogP) is 4.29. The van der Waals surface area contributed by atoms with Gasteiger partial charge < -0.3 is 19.1 Å². The van der Waals surface area contributed by atoms with E-state index < -0.39 is 12.0 Å². The van der Waals surface area contributed by atoms with E-state index in [2.05, 4.69) is 0 Å². The molecule has 0 aliphatic carbocycles. The molecule has 29 heavy (non-hydrogen) atoms. The van der Waals surface area contributed by atoms with E-state index in [0.29, 0.717) is 16.9 Å². The lowest BCUT2D eigenvalue weighted by Crippen LogP contribution is -2.46. The van der Waals surface area contributed by atoms with Crippen molar-refractivity contribution in [2.75, 3.05) is 19.1 Å². The molecule has 1 saturated heterocycles. The second-order valence-corrected chi connectivity index (χ2v) is 7.13. The lowest BCUT2D eigenvalue weighted by atomic mass is 9.93. The van der Waals surface area contributed by atoms with Gasteiger partial charge in [0.05, 0.1) is 18.8 Å². The number of fused-ring (bicyclic) bond motifs is 4. The van der Waals surface area contributed by atoms with Gasteiger partial charge in [-0.05, 0) is 17.7 Å². The lowest BCUT2D eigenvalue weighted by molar-refractivity contribution is -0.215. The average molecular weight is 387 g/mol. The van der Waals surface area contributed by atoms with E-state index in [9.17, 15) is 4.79 Å². The first-order valence-corrected chi connectivity index (χ1v) is 9.55. The number of para-hydroxylation sites is 2. The average Bonchev–Trinajstić information content (AvgIpc) is 3.11. The third kappa shape index (κ3) is 2.44. The summed E-state index contributed by atoms with van der Waals surface area (Å²) in [6.07, 6.45) is -0.697. The fourth-order valence-electron chi connectivity index (χ4n) is 4.50. The smallest absolute Gasteiger partial charge is 0.282 e. The molecule has 0 radical (unpaired) electrons. The fourth-order valence-corrected chi connectivity index (χ4v) is 4.50. The number of carbonyl (C=O) groups excluding carboxylic acids is 1. The van der Waals surface area contributed by atoms with Crippen molar-refractivity contribution in [3.8, 4) is 5.75 Å². The maximum Gasteiger partial charge on any atom is 0.282 e. The quantitative estimate of drug-likeness (QED) is 0.668. The van der Waals surface area contributed by atoms with Crippen LogP contribution in [0.1, 0.15) is 27.5 Å². The molecule has 146 valence electrons. The minimum atomic E-state index is -1.23. The Hall–Kier alpha value is -3.15. The number of benzene rings is 3. The van der Waals surface area contributed by atoms with Crippen LogP contribution in [0, 0.1) is 0 Å². The van der Waals surface area contributed by atoms with E-state index in [4.69, 9.17) is 14.2 Å². The van der Waals surface area contributed by atoms with Crippen LogP contribution in [0.4, 0.5) is 5.69 Å². The van der Waals surface area contributed by atoms with Crippen molar-refractivity contribution in [2.45, 2.75) is 18.1 Å². The zero-order chi connectivity index (χ0) is 20.0. The van der Waals surface area contributed by atoms with Crippen LogP contribution in [0.2, 0.25) is 0 Å². The predicted molar refractivity (Wildman–Crippen MR) is 109 cm³/mol. The van der Waals surface area contributed by atoms with Crippen molar-refractivity contribution >= 4 is 11.5 Å². The van der Waals surface area contributed by atoms with Crippen molar-refractivity contribution in [3.05, 3.63) is 95.6 Å². The van der Waals surface area contributed by atoms with Crippen LogP contribution in [0.5, 0.6) is 5.75 Å². The number of anilines is 1. The van der Waals surface area contributed by atoms with Crippen LogP contribution in [0.25, 0.3) is 0 Å². The second-order valence-electron chi connectivity index (χ2n) is 7.13. The second kappa shape index (κ2) is 6.72. The summed E-state index contributed by atoms with van der Waals surface area (Å²) in [5.41, 5.74) is 3.11. The van der Waals surface area contributed by atoms with Gasteiger partial charge in [-0.1, -0.05) is 66.7 Å². The lowest BCUT2D eigenvalue weighted by Gasteiger charge is -2.40. The Bertz CT molecular complexity index is 1070. The molecule has 5 nitrogen and oxygen atoms in total. The van der Waals surface area contributed by atoms with Gasteiger partial charge in [-0.15, -0.1) is 0 Å². The molecule has 1 fully saturated rings. The minimum absolute atomic E-state index is 0.0421. The fraction of sp³-hybridized carbons (Fsp3) is 0.208. The number of hydrogen-bond acceptors (Lipinski definition) is 5. The number of ketones is 1. The number of nitrogens with zero attached hydrogens (tertiary/aromatic N) is 1. The van der Waals surface area contributed by atoms with Crippen molar-refractivity contribution in [2.24, 2.45) is 0 Å². The van der Waals surface area contributed by atoms with Gasteiger partial charge in [-0.3, -0.25) is 4.79 Å². The van der Waals surface area contributed by atoms with E-state index in [-0.39, 0.29) is 11.8 Å². The van der Waals surface area contributed by atoms with E-state index in [1.807, 2.05) is 83.8 Å². The van der Waals surface area contributed by atoms with Gasteiger partial charge in [0.1, 0.15) is 5.75 Å². The Balaban J connectivity index is 1.82. The number of hydrogen-bond donors (Lipinski definition) is 0. The Morgan fingerprint density at radius 2 is 1.59 bits per heavy atom. The van der Waals surface area contributed by atoms with Crippen molar-refractivity contribution in [1.29, 1.82) is 0 Å². The summed E-state index contributed by atoms with van der Waals surface area (Å²) in [5.74, 6) is -0.588. The molecule has 0 unspecified atom stereocenters. The molecule has 0 spiro atoms. The summed E-state index contributed by atoms with van der Waals surface area (Å²) in [6, 6.07) is 24.8. The van der Waals surface area contributed by atoms with E-state index in [0.717, 1.165) is 11.3 Å². The van der Waals surface area contributed by atoms with Crippen molar-refractivity contribution < 1.29 is 19.0 Å². The molecule has 0 aromatic heterocycles. The van der Waals surface area contributed by atoms with Crippen LogP contribution in [0.3, 0.4) is 0 Å². The number of rotatable bonds is 4. The molecule has 2 bridgehead atoms. The Morgan fingerprint density at radius 1 is 0.897 bits per heavy atom. The highest BCUT2D eigenvalue weighted by atomic mass is 16.7. The molecule has 3 atom stereocenters. The molecular formula is C24H21NO4. The zero-order valence-corrected chi connectivity index (χ0v) is 16.2. The highest BCUT2D eigenvalue weighted by molar-refractivity contribution is 6.04. The summed E-state index contributed by atoms with van der Waals surface area (Å²) < 4.78 is 18.1. The van der Waals surface area contributed by atoms with Crippen molar-refractivity contribution in [1.82, 2.24) is 0 Å². The largest absolute Gasteiger partial charge is 0.495 e. The molecule has 5 rings (SSSR count). The van der Waals surface area contributed by atoms with Crippen LogP contribution >= 0.6 is 0 Å². The van der Waals surface area contributed by atoms with E-state index in [1.165, 1.54) is 0 Å². The maximum atomic E-state index is 13.4. The molecule has 0 saturated carbocycles. The van der Waals surface area contributed by atoms with Gasteiger partial charge in [0.25, 0.3) is 5.91 Å². The summed E-state index contributed by atoms with van der Waals surface area (Å²) in [6.45, 7) is 0. The van der Waals surface area contributed by atoms with Gasteiger partial charge in [0.15, 0.2) is 11.9 Å². The monoisotopic (exact) mass is 387 g/mol. The minimum Gasteiger partial charge on any atom is -0.495 e. The van der Waals surface area contributed by atoms with Gasteiger partial charge in [0, 0.05) is 18.2 Å². The number of Topliss-reactive ketones (excluding diaryl/α,β-unsaturated/α-hetero) is 1. The molecular weight excluding hydrogens is 366 g/mol. The Kier molecular flexibility index (Phi) is 4.15. The van der Waals surface area contributed by atoms with Crippen LogP contribution in [-0.2, 0) is 15.4 Å². The Morgan fingerprint density at radius 3 is 2.34 bits per heavy atom. The molecule has 2 heterocycles. The summed E-state index contributed by atoms with van der Waals surface area (Å²) >= 11 is 0. The highest BCUT2D eigenvalue weighted by Gasteiger charge is 2.62.